The van der Waals surface area contributed by atoms with Crippen molar-refractivity contribution in [3.8, 4) is 0 Å². The van der Waals surface area contributed by atoms with Gasteiger partial charge in [-0.25, -0.2) is 4.39 Å². The van der Waals surface area contributed by atoms with Crippen LogP contribution in [0.15, 0.2) is 109 Å². The molecule has 45 heavy (non-hydrogen) atoms. The summed E-state index contributed by atoms with van der Waals surface area (Å²) in [6, 6.07) is 25.9. The Kier molecular flexibility index (Phi) is 9.72. The Morgan fingerprint density at radius 3 is 2.40 bits per heavy atom. The van der Waals surface area contributed by atoms with Crippen molar-refractivity contribution >= 4 is 22.9 Å². The van der Waals surface area contributed by atoms with Crippen molar-refractivity contribution in [2.45, 2.75) is 46.6 Å². The number of hydrogen-bond donors (Lipinski definition) is 1. The van der Waals surface area contributed by atoms with Crippen LogP contribution in [-0.2, 0) is 0 Å². The van der Waals surface area contributed by atoms with Crippen molar-refractivity contribution in [1.82, 2.24) is 9.88 Å². The fourth-order valence-electron chi connectivity index (χ4n) is 6.17. The van der Waals surface area contributed by atoms with Crippen LogP contribution >= 0.6 is 0 Å². The lowest BCUT2D eigenvalue weighted by Gasteiger charge is -2.40. The second kappa shape index (κ2) is 13.9. The van der Waals surface area contributed by atoms with Crippen LogP contribution in [-0.4, -0.2) is 34.6 Å². The number of likely N-dealkylation sites (tertiary alicyclic amines) is 1. The number of aromatic nitrogens is 1. The highest BCUT2D eigenvalue weighted by Gasteiger charge is 2.31. The van der Waals surface area contributed by atoms with E-state index in [1.54, 1.807) is 18.2 Å². The molecule has 6 heteroatoms. The number of benzene rings is 3. The Balaban J connectivity index is 1.34. The molecule has 0 spiro atoms. The van der Waals surface area contributed by atoms with Gasteiger partial charge in [0.25, 0.3) is 5.91 Å². The zero-order valence-corrected chi connectivity index (χ0v) is 26.6. The average Bonchev–Trinajstić information content (AvgIpc) is 3.08. The Labute approximate surface area is 266 Å². The summed E-state index contributed by atoms with van der Waals surface area (Å²) in [5, 5.41) is 8.80. The minimum Gasteiger partial charge on any atom is -0.339 e. The number of rotatable bonds is 9. The maximum atomic E-state index is 13.9. The van der Waals surface area contributed by atoms with E-state index in [-0.39, 0.29) is 29.4 Å². The number of nitrogens with one attached hydrogen (secondary N) is 1. The highest BCUT2D eigenvalue weighted by Crippen LogP contribution is 2.37. The molecule has 0 saturated carbocycles. The first-order chi connectivity index (χ1) is 21.7. The first kappa shape index (κ1) is 31.6. The molecule has 1 aromatic heterocycles. The third-order valence-corrected chi connectivity index (χ3v) is 8.95. The maximum absolute atomic E-state index is 13.9. The first-order valence-corrected chi connectivity index (χ1v) is 15.6. The summed E-state index contributed by atoms with van der Waals surface area (Å²) in [5.74, 6) is -0.187. The molecule has 1 N–H and O–H groups in total. The fourth-order valence-corrected chi connectivity index (χ4v) is 6.17. The molecule has 1 saturated heterocycles. The van der Waals surface area contributed by atoms with Gasteiger partial charge in [0.05, 0.1) is 17.4 Å². The van der Waals surface area contributed by atoms with Gasteiger partial charge in [0, 0.05) is 53.3 Å². The lowest BCUT2D eigenvalue weighted by molar-refractivity contribution is 0.0701. The molecule has 2 heterocycles. The van der Waals surface area contributed by atoms with Crippen molar-refractivity contribution in [2.24, 2.45) is 5.92 Å². The molecule has 0 bridgehead atoms. The highest BCUT2D eigenvalue weighted by molar-refractivity contribution is 6.14. The number of aryl methyl sites for hydroxylation is 1. The van der Waals surface area contributed by atoms with E-state index >= 15 is 0 Å². The summed E-state index contributed by atoms with van der Waals surface area (Å²) < 4.78 is 13.9. The van der Waals surface area contributed by atoms with Crippen molar-refractivity contribution in [3.63, 3.8) is 0 Å². The van der Waals surface area contributed by atoms with Crippen molar-refractivity contribution in [1.29, 1.82) is 5.41 Å². The van der Waals surface area contributed by atoms with E-state index < -0.39 is 0 Å². The minimum absolute atomic E-state index is 0.00244. The van der Waals surface area contributed by atoms with Gasteiger partial charge in [-0.2, -0.15) is 0 Å². The number of halogens is 1. The van der Waals surface area contributed by atoms with Gasteiger partial charge in [-0.1, -0.05) is 55.1 Å². The summed E-state index contributed by atoms with van der Waals surface area (Å²) in [4.78, 5) is 22.7. The molecule has 5 nitrogen and oxygen atoms in total. The Morgan fingerprint density at radius 2 is 1.73 bits per heavy atom. The molecule has 1 unspecified atom stereocenters. The number of pyridine rings is 1. The predicted octanol–water partition coefficient (Wildman–Crippen LogP) is 9.00. The van der Waals surface area contributed by atoms with Gasteiger partial charge >= 0.3 is 0 Å². The Hall–Kier alpha value is -4.84. The minimum atomic E-state index is -0.382. The molecule has 1 amide bonds. The van der Waals surface area contributed by atoms with Crippen molar-refractivity contribution in [3.05, 3.63) is 149 Å². The van der Waals surface area contributed by atoms with Crippen LogP contribution in [0.5, 0.6) is 0 Å². The number of allylic oxidation sites excluding steroid dienone is 3. The summed E-state index contributed by atoms with van der Waals surface area (Å²) in [5.41, 5.74) is 8.06. The molecular formula is C39H41FN4O. The van der Waals surface area contributed by atoms with Gasteiger partial charge in [-0.15, -0.1) is 0 Å². The zero-order valence-electron chi connectivity index (χ0n) is 26.6. The summed E-state index contributed by atoms with van der Waals surface area (Å²) in [6.45, 7) is 14.1. The highest BCUT2D eigenvalue weighted by atomic mass is 19.1. The van der Waals surface area contributed by atoms with Gasteiger partial charge in [-0.3, -0.25) is 15.2 Å². The van der Waals surface area contributed by atoms with E-state index in [2.05, 4.69) is 60.6 Å². The lowest BCUT2D eigenvalue weighted by atomic mass is 9.90. The van der Waals surface area contributed by atoms with Crippen LogP contribution in [0, 0.1) is 24.1 Å². The van der Waals surface area contributed by atoms with E-state index in [1.165, 1.54) is 17.7 Å². The number of hydrogen-bond acceptors (Lipinski definition) is 4. The average molecular weight is 601 g/mol. The summed E-state index contributed by atoms with van der Waals surface area (Å²) in [6.07, 6.45) is 5.42. The molecule has 1 fully saturated rings. The Morgan fingerprint density at radius 1 is 1.00 bits per heavy atom. The molecule has 1 aliphatic heterocycles. The lowest BCUT2D eigenvalue weighted by Crippen LogP contribution is -2.41. The third kappa shape index (κ3) is 6.80. The number of amides is 1. The normalized spacial score (nSPS) is 14.6. The molecule has 1 aliphatic rings. The number of para-hydroxylation sites is 1. The topological polar surface area (TPSA) is 60.3 Å². The van der Waals surface area contributed by atoms with Crippen LogP contribution in [0.4, 0.5) is 10.1 Å². The largest absolute Gasteiger partial charge is 0.339 e. The van der Waals surface area contributed by atoms with E-state index in [1.807, 2.05) is 55.3 Å². The number of nitrogens with zero attached hydrogens (tertiary/aromatic N) is 3. The second-order valence-electron chi connectivity index (χ2n) is 11.8. The predicted molar refractivity (Wildman–Crippen MR) is 182 cm³/mol. The first-order valence-electron chi connectivity index (χ1n) is 15.6. The number of anilines is 1. The standard InChI is InChI=1S/C39H41FN4O/c1-6-26(2)35-25-32(17-18-34(35)38(41)31-13-11-14-33(40)24-31)39(45)43-22-19-30(20-23-43)28(4)44(37-16-8-7-12-27(37)3)29(5)36-15-9-10-21-42-36/h6-18,21,24-25,29-30,41H,4,19-20,22-23H2,1-3,5H3/b26-6+,41-38?. The van der Waals surface area contributed by atoms with Crippen LogP contribution in [0.3, 0.4) is 0 Å². The molecule has 5 rings (SSSR count). The Bertz CT molecular complexity index is 1740. The fraction of sp³-hybridized carbons (Fsp3) is 0.256. The van der Waals surface area contributed by atoms with E-state index in [4.69, 9.17) is 5.41 Å². The van der Waals surface area contributed by atoms with Gasteiger partial charge in [0.1, 0.15) is 5.82 Å². The third-order valence-electron chi connectivity index (χ3n) is 8.95. The smallest absolute Gasteiger partial charge is 0.253 e. The summed E-state index contributed by atoms with van der Waals surface area (Å²) >= 11 is 0. The van der Waals surface area contributed by atoms with Crippen molar-refractivity contribution < 1.29 is 9.18 Å². The molecule has 0 aliphatic carbocycles. The molecular weight excluding hydrogens is 559 g/mol. The van der Waals surface area contributed by atoms with Gasteiger partial charge in [0.15, 0.2) is 0 Å². The second-order valence-corrected chi connectivity index (χ2v) is 11.8. The van der Waals surface area contributed by atoms with E-state index in [0.29, 0.717) is 29.8 Å². The van der Waals surface area contributed by atoms with Gasteiger partial charge in [-0.05, 0) is 99.7 Å². The van der Waals surface area contributed by atoms with E-state index in [0.717, 1.165) is 41.1 Å². The molecule has 1 atom stereocenters. The number of carbonyl (C=O) groups excluding carboxylic acids is 1. The maximum Gasteiger partial charge on any atom is 0.253 e. The van der Waals surface area contributed by atoms with Gasteiger partial charge < -0.3 is 9.80 Å². The molecule has 3 aromatic carbocycles. The van der Waals surface area contributed by atoms with Crippen LogP contribution < -0.4 is 4.90 Å². The van der Waals surface area contributed by atoms with Crippen LogP contribution in [0.25, 0.3) is 5.57 Å². The number of piperidine rings is 1. The zero-order chi connectivity index (χ0) is 32.1. The van der Waals surface area contributed by atoms with Crippen LogP contribution in [0.2, 0.25) is 0 Å². The van der Waals surface area contributed by atoms with Gasteiger partial charge in [0.2, 0.25) is 0 Å². The van der Waals surface area contributed by atoms with Crippen LogP contribution in [0.1, 0.15) is 78.0 Å². The quantitative estimate of drug-likeness (QED) is 0.195. The van der Waals surface area contributed by atoms with E-state index in [9.17, 15) is 9.18 Å². The number of carbonyl (C=O) groups is 1. The summed E-state index contributed by atoms with van der Waals surface area (Å²) in [7, 11) is 0. The molecule has 4 aromatic rings. The SMILES string of the molecule is C=C(C1CCN(C(=O)c2ccc(C(=N)c3cccc(F)c3)c(/C(C)=C/C)c2)CC1)N(c1ccccc1C)C(C)c1ccccn1. The molecule has 0 radical (unpaired) electrons. The molecule has 230 valence electrons. The monoisotopic (exact) mass is 600 g/mol. The van der Waals surface area contributed by atoms with Crippen molar-refractivity contribution in [2.75, 3.05) is 18.0 Å².